The number of oxazole rings is 1. The molecule has 0 unspecified atom stereocenters. The summed E-state index contributed by atoms with van der Waals surface area (Å²) in [5.74, 6) is -0.870. The van der Waals surface area contributed by atoms with E-state index in [1.165, 1.54) is 10.6 Å². The lowest BCUT2D eigenvalue weighted by Crippen LogP contribution is -2.48. The van der Waals surface area contributed by atoms with Crippen molar-refractivity contribution >= 4 is 38.4 Å². The van der Waals surface area contributed by atoms with Gasteiger partial charge < -0.3 is 9.32 Å². The number of hydrogen-bond donors (Lipinski definition) is 0. The van der Waals surface area contributed by atoms with E-state index in [1.807, 2.05) is 13.8 Å². The van der Waals surface area contributed by atoms with Gasteiger partial charge in [0, 0.05) is 23.2 Å². The van der Waals surface area contributed by atoms with Gasteiger partial charge in [0.25, 0.3) is 0 Å². The van der Waals surface area contributed by atoms with Crippen molar-refractivity contribution in [3.05, 3.63) is 33.8 Å². The minimum Gasteiger partial charge on any atom is -0.408 e. The second-order valence-electron chi connectivity index (χ2n) is 6.68. The highest BCUT2D eigenvalue weighted by Crippen LogP contribution is 2.23. The lowest BCUT2D eigenvalue weighted by molar-refractivity contribution is -0.136. The van der Waals surface area contributed by atoms with Gasteiger partial charge in [-0.1, -0.05) is 18.5 Å². The van der Waals surface area contributed by atoms with E-state index in [1.54, 1.807) is 17.0 Å². The summed E-state index contributed by atoms with van der Waals surface area (Å²) < 4.78 is 30.1. The Hall–Kier alpha value is -1.80. The molecule has 0 radical (unpaired) electrons. The SMILES string of the molecule is CC[C@@H](C)N(C(=O)Cn1c(=O)oc2cc(Cl)ccc21)[C@@H]1CCS(=O)(=O)C1. The van der Waals surface area contributed by atoms with Crippen molar-refractivity contribution in [2.45, 2.75) is 45.3 Å². The van der Waals surface area contributed by atoms with Crippen LogP contribution in [-0.2, 0) is 21.2 Å². The molecule has 0 aliphatic carbocycles. The molecule has 0 spiro atoms. The zero-order valence-corrected chi connectivity index (χ0v) is 16.2. The highest BCUT2D eigenvalue weighted by Gasteiger charge is 2.36. The van der Waals surface area contributed by atoms with E-state index in [9.17, 15) is 18.0 Å². The molecular formula is C17H21ClN2O5S. The fourth-order valence-electron chi connectivity index (χ4n) is 3.41. The number of benzene rings is 1. The molecule has 142 valence electrons. The van der Waals surface area contributed by atoms with E-state index in [2.05, 4.69) is 0 Å². The maximum absolute atomic E-state index is 13.0. The van der Waals surface area contributed by atoms with Gasteiger partial charge in [-0.2, -0.15) is 0 Å². The maximum atomic E-state index is 13.0. The molecule has 1 aromatic carbocycles. The summed E-state index contributed by atoms with van der Waals surface area (Å²) >= 11 is 5.91. The third-order valence-corrected chi connectivity index (χ3v) is 6.86. The number of fused-ring (bicyclic) bond motifs is 1. The number of amides is 1. The Kier molecular flexibility index (Phi) is 5.16. The van der Waals surface area contributed by atoms with Crippen LogP contribution in [0.15, 0.2) is 27.4 Å². The summed E-state index contributed by atoms with van der Waals surface area (Å²) in [7, 11) is -3.12. The van der Waals surface area contributed by atoms with Crippen LogP contribution in [0.2, 0.25) is 5.02 Å². The van der Waals surface area contributed by atoms with Gasteiger partial charge in [0.2, 0.25) is 5.91 Å². The molecule has 2 atom stereocenters. The van der Waals surface area contributed by atoms with Gasteiger partial charge in [-0.05, 0) is 31.9 Å². The Morgan fingerprint density at radius 2 is 2.19 bits per heavy atom. The Bertz CT molecular complexity index is 994. The second-order valence-corrected chi connectivity index (χ2v) is 9.35. The molecule has 1 saturated heterocycles. The van der Waals surface area contributed by atoms with Gasteiger partial charge in [0.1, 0.15) is 6.54 Å². The monoisotopic (exact) mass is 400 g/mol. The lowest BCUT2D eigenvalue weighted by Gasteiger charge is -2.33. The summed E-state index contributed by atoms with van der Waals surface area (Å²) in [4.78, 5) is 26.8. The van der Waals surface area contributed by atoms with Crippen molar-refractivity contribution in [2.75, 3.05) is 11.5 Å². The molecular weight excluding hydrogens is 380 g/mol. The van der Waals surface area contributed by atoms with Crippen molar-refractivity contribution in [2.24, 2.45) is 0 Å². The van der Waals surface area contributed by atoms with E-state index >= 15 is 0 Å². The average Bonchev–Trinajstić information content (AvgIpc) is 3.06. The number of halogens is 1. The fourth-order valence-corrected chi connectivity index (χ4v) is 5.28. The molecule has 1 amide bonds. The van der Waals surface area contributed by atoms with Crippen LogP contribution in [0.5, 0.6) is 0 Å². The van der Waals surface area contributed by atoms with Gasteiger partial charge in [-0.15, -0.1) is 0 Å². The molecule has 1 aromatic heterocycles. The first-order valence-corrected chi connectivity index (χ1v) is 10.7. The largest absolute Gasteiger partial charge is 0.420 e. The zero-order chi connectivity index (χ0) is 19.1. The van der Waals surface area contributed by atoms with E-state index in [0.717, 1.165) is 0 Å². The molecule has 2 aromatic rings. The molecule has 3 rings (SSSR count). The first kappa shape index (κ1) is 19.0. The van der Waals surface area contributed by atoms with Crippen molar-refractivity contribution in [1.82, 2.24) is 9.47 Å². The van der Waals surface area contributed by atoms with Gasteiger partial charge in [0.15, 0.2) is 15.4 Å². The van der Waals surface area contributed by atoms with E-state index in [-0.39, 0.29) is 36.0 Å². The van der Waals surface area contributed by atoms with Crippen molar-refractivity contribution < 1.29 is 17.6 Å². The van der Waals surface area contributed by atoms with Crippen LogP contribution in [0.1, 0.15) is 26.7 Å². The molecule has 0 N–H and O–H groups in total. The molecule has 1 aliphatic heterocycles. The molecule has 7 nitrogen and oxygen atoms in total. The smallest absolute Gasteiger partial charge is 0.408 e. The summed E-state index contributed by atoms with van der Waals surface area (Å²) in [6.45, 7) is 3.63. The number of carbonyl (C=O) groups excluding carboxylic acids is 1. The lowest BCUT2D eigenvalue weighted by atomic mass is 10.1. The maximum Gasteiger partial charge on any atom is 0.420 e. The van der Waals surface area contributed by atoms with E-state index in [4.69, 9.17) is 16.0 Å². The molecule has 26 heavy (non-hydrogen) atoms. The first-order chi connectivity index (χ1) is 12.2. The van der Waals surface area contributed by atoms with E-state index in [0.29, 0.717) is 29.0 Å². The summed E-state index contributed by atoms with van der Waals surface area (Å²) in [5.41, 5.74) is 0.796. The summed E-state index contributed by atoms with van der Waals surface area (Å²) in [5, 5.41) is 0.433. The van der Waals surface area contributed by atoms with Crippen LogP contribution in [0.25, 0.3) is 11.1 Å². The Morgan fingerprint density at radius 3 is 2.81 bits per heavy atom. The van der Waals surface area contributed by atoms with Crippen LogP contribution in [0, 0.1) is 0 Å². The van der Waals surface area contributed by atoms with Crippen LogP contribution in [0.4, 0.5) is 0 Å². The Balaban J connectivity index is 1.91. The minimum absolute atomic E-state index is 0.0281. The molecule has 9 heteroatoms. The zero-order valence-electron chi connectivity index (χ0n) is 14.6. The van der Waals surface area contributed by atoms with E-state index < -0.39 is 15.6 Å². The predicted molar refractivity (Wildman–Crippen MR) is 99.1 cm³/mol. The highest BCUT2D eigenvalue weighted by atomic mass is 35.5. The number of hydrogen-bond acceptors (Lipinski definition) is 5. The minimum atomic E-state index is -3.12. The van der Waals surface area contributed by atoms with Gasteiger partial charge >= 0.3 is 5.76 Å². The summed E-state index contributed by atoms with van der Waals surface area (Å²) in [6, 6.07) is 4.30. The number of carbonyl (C=O) groups is 1. The fraction of sp³-hybridized carbons (Fsp3) is 0.529. The summed E-state index contributed by atoms with van der Waals surface area (Å²) in [6.07, 6.45) is 1.12. The number of aromatic nitrogens is 1. The highest BCUT2D eigenvalue weighted by molar-refractivity contribution is 7.91. The standard InChI is InChI=1S/C17H21ClN2O5S/c1-3-11(2)20(13-6-7-26(23,24)10-13)16(21)9-19-14-5-4-12(18)8-15(14)25-17(19)22/h4-5,8,11,13H,3,6-7,9-10H2,1-2H3/t11-,13-/m1/s1. The van der Waals surface area contributed by atoms with Crippen LogP contribution >= 0.6 is 11.6 Å². The van der Waals surface area contributed by atoms with Crippen LogP contribution < -0.4 is 5.76 Å². The molecule has 2 heterocycles. The average molecular weight is 401 g/mol. The van der Waals surface area contributed by atoms with Crippen LogP contribution in [0.3, 0.4) is 0 Å². The van der Waals surface area contributed by atoms with Gasteiger partial charge in [-0.25, -0.2) is 13.2 Å². The third-order valence-electron chi connectivity index (χ3n) is 4.88. The first-order valence-electron chi connectivity index (χ1n) is 8.52. The van der Waals surface area contributed by atoms with Crippen molar-refractivity contribution in [1.29, 1.82) is 0 Å². The third kappa shape index (κ3) is 3.66. The predicted octanol–water partition coefficient (Wildman–Crippen LogP) is 2.06. The molecule has 1 aliphatic rings. The van der Waals surface area contributed by atoms with Gasteiger partial charge in [0.05, 0.1) is 17.0 Å². The topological polar surface area (TPSA) is 89.6 Å². The van der Waals surface area contributed by atoms with Crippen molar-refractivity contribution in [3.8, 4) is 0 Å². The Labute approximate surface area is 156 Å². The van der Waals surface area contributed by atoms with Crippen molar-refractivity contribution in [3.63, 3.8) is 0 Å². The number of sulfone groups is 1. The molecule has 0 saturated carbocycles. The van der Waals surface area contributed by atoms with Crippen LogP contribution in [-0.4, -0.2) is 47.4 Å². The number of rotatable bonds is 5. The number of nitrogens with zero attached hydrogens (tertiary/aromatic N) is 2. The quantitative estimate of drug-likeness (QED) is 0.766. The molecule has 0 bridgehead atoms. The normalized spacial score (nSPS) is 20.3. The molecule has 1 fully saturated rings. The second kappa shape index (κ2) is 7.08. The Morgan fingerprint density at radius 1 is 1.46 bits per heavy atom. The van der Waals surface area contributed by atoms with Gasteiger partial charge in [-0.3, -0.25) is 9.36 Å².